The molecule has 230 valence electrons. The number of ether oxygens (including phenoxy) is 3. The van der Waals surface area contributed by atoms with E-state index in [9.17, 15) is 14.4 Å². The van der Waals surface area contributed by atoms with Crippen molar-refractivity contribution >= 4 is 17.8 Å². The predicted octanol–water partition coefficient (Wildman–Crippen LogP) is 2.58. The van der Waals surface area contributed by atoms with E-state index in [1.54, 1.807) is 14.0 Å². The van der Waals surface area contributed by atoms with Crippen molar-refractivity contribution < 1.29 is 28.6 Å². The highest BCUT2D eigenvalue weighted by molar-refractivity contribution is 5.80. The van der Waals surface area contributed by atoms with Crippen LogP contribution in [-0.2, 0) is 36.8 Å². The Hall–Kier alpha value is -3.47. The van der Waals surface area contributed by atoms with Crippen molar-refractivity contribution in [2.75, 3.05) is 39.9 Å². The number of nitrogens with one attached hydrogen (secondary N) is 2. The number of esters is 2. The van der Waals surface area contributed by atoms with Crippen molar-refractivity contribution in [3.63, 3.8) is 0 Å². The fourth-order valence-corrected chi connectivity index (χ4v) is 4.96. The molecule has 1 aliphatic rings. The Morgan fingerprint density at radius 1 is 1.00 bits per heavy atom. The highest BCUT2D eigenvalue weighted by Crippen LogP contribution is 2.15. The van der Waals surface area contributed by atoms with Gasteiger partial charge in [0.2, 0.25) is 5.91 Å². The molecule has 1 aliphatic heterocycles. The van der Waals surface area contributed by atoms with Gasteiger partial charge in [-0.05, 0) is 62.3 Å². The van der Waals surface area contributed by atoms with Gasteiger partial charge in [0.05, 0.1) is 20.3 Å². The molecule has 42 heavy (non-hydrogen) atoms. The quantitative estimate of drug-likeness (QED) is 0.241. The minimum atomic E-state index is -0.868. The number of nitrogens with zero attached hydrogens (tertiary/aromatic N) is 1. The maximum Gasteiger partial charge on any atom is 0.323 e. The second kappa shape index (κ2) is 18.1. The molecule has 0 spiro atoms. The number of carbonyl (C=O) groups excluding carboxylic acids is 3. The van der Waals surface area contributed by atoms with Gasteiger partial charge >= 0.3 is 11.9 Å². The van der Waals surface area contributed by atoms with E-state index in [4.69, 9.17) is 19.9 Å². The lowest BCUT2D eigenvalue weighted by atomic mass is 10.0. The molecule has 1 amide bonds. The Kier molecular flexibility index (Phi) is 14.3. The van der Waals surface area contributed by atoms with Crippen LogP contribution in [0.2, 0.25) is 0 Å². The average Bonchev–Trinajstić information content (AvgIpc) is 3.01. The largest absolute Gasteiger partial charge is 0.497 e. The van der Waals surface area contributed by atoms with Gasteiger partial charge in [0.15, 0.2) is 0 Å². The van der Waals surface area contributed by atoms with Gasteiger partial charge in [-0.1, -0.05) is 42.5 Å². The van der Waals surface area contributed by atoms with Crippen LogP contribution in [0.3, 0.4) is 0 Å². The number of rotatable bonds is 17. The Morgan fingerprint density at radius 2 is 1.74 bits per heavy atom. The molecule has 0 aliphatic carbocycles. The van der Waals surface area contributed by atoms with Crippen LogP contribution in [0.15, 0.2) is 54.6 Å². The van der Waals surface area contributed by atoms with Gasteiger partial charge in [0.1, 0.15) is 17.9 Å². The molecule has 3 atom stereocenters. The fraction of sp³-hybridized carbons (Fsp3) is 0.531. The smallest absolute Gasteiger partial charge is 0.323 e. The number of methoxy groups -OCH3 is 1. The van der Waals surface area contributed by atoms with Crippen molar-refractivity contribution in [3.05, 3.63) is 65.7 Å². The lowest BCUT2D eigenvalue weighted by molar-refractivity contribution is -0.153. The van der Waals surface area contributed by atoms with Gasteiger partial charge < -0.3 is 30.2 Å². The topological polar surface area (TPSA) is 132 Å². The summed E-state index contributed by atoms with van der Waals surface area (Å²) in [6.07, 6.45) is 3.32. The number of amides is 1. The Balaban J connectivity index is 1.68. The summed E-state index contributed by atoms with van der Waals surface area (Å²) in [7, 11) is 1.62. The molecule has 4 N–H and O–H groups in total. The molecule has 2 aromatic rings. The molecule has 2 aromatic carbocycles. The molecule has 0 radical (unpaired) electrons. The maximum atomic E-state index is 13.5. The molecule has 1 fully saturated rings. The summed E-state index contributed by atoms with van der Waals surface area (Å²) in [4.78, 5) is 40.3. The van der Waals surface area contributed by atoms with Crippen LogP contribution in [0, 0.1) is 0 Å². The van der Waals surface area contributed by atoms with Crippen molar-refractivity contribution in [2.45, 2.75) is 70.2 Å². The normalized spacial score (nSPS) is 15.4. The maximum absolute atomic E-state index is 13.5. The zero-order valence-corrected chi connectivity index (χ0v) is 24.9. The predicted molar refractivity (Wildman–Crippen MR) is 161 cm³/mol. The SMILES string of the molecule is CCOC(=O)CN[C@H](CCC(=O)N1CCCCC1)C(=O)OC(CNCc1cccc(OC)c1)C(N)Cc1ccccc1. The second-order valence-corrected chi connectivity index (χ2v) is 10.5. The van der Waals surface area contributed by atoms with E-state index >= 15 is 0 Å². The Morgan fingerprint density at radius 3 is 2.45 bits per heavy atom. The van der Waals surface area contributed by atoms with Crippen LogP contribution in [0.4, 0.5) is 0 Å². The third-order valence-electron chi connectivity index (χ3n) is 7.31. The molecule has 3 rings (SSSR count). The molecular formula is C32H46N4O6. The zero-order valence-electron chi connectivity index (χ0n) is 24.9. The summed E-state index contributed by atoms with van der Waals surface area (Å²) < 4.78 is 16.3. The van der Waals surface area contributed by atoms with Crippen molar-refractivity contribution in [2.24, 2.45) is 5.73 Å². The molecule has 1 heterocycles. The lowest BCUT2D eigenvalue weighted by Gasteiger charge is -2.29. The molecule has 10 nitrogen and oxygen atoms in total. The first-order valence-corrected chi connectivity index (χ1v) is 14.9. The van der Waals surface area contributed by atoms with Gasteiger partial charge in [-0.3, -0.25) is 19.7 Å². The van der Waals surface area contributed by atoms with Gasteiger partial charge in [0.25, 0.3) is 0 Å². The first-order valence-electron chi connectivity index (χ1n) is 14.9. The summed E-state index contributed by atoms with van der Waals surface area (Å²) in [6.45, 7) is 4.10. The van der Waals surface area contributed by atoms with Crippen LogP contribution in [0.5, 0.6) is 5.75 Å². The van der Waals surface area contributed by atoms with E-state index in [-0.39, 0.29) is 31.9 Å². The molecular weight excluding hydrogens is 536 g/mol. The van der Waals surface area contributed by atoms with Crippen molar-refractivity contribution in [1.29, 1.82) is 0 Å². The molecule has 1 saturated heterocycles. The second-order valence-electron chi connectivity index (χ2n) is 10.5. The first kappa shape index (κ1) is 33.0. The van der Waals surface area contributed by atoms with Crippen LogP contribution >= 0.6 is 0 Å². The minimum absolute atomic E-state index is 0.00252. The Bertz CT molecular complexity index is 1110. The summed E-state index contributed by atoms with van der Waals surface area (Å²) >= 11 is 0. The monoisotopic (exact) mass is 582 g/mol. The lowest BCUT2D eigenvalue weighted by Crippen LogP contribution is -2.50. The first-order chi connectivity index (χ1) is 20.4. The van der Waals surface area contributed by atoms with Crippen LogP contribution in [0.25, 0.3) is 0 Å². The van der Waals surface area contributed by atoms with Crippen LogP contribution < -0.4 is 21.1 Å². The van der Waals surface area contributed by atoms with Gasteiger partial charge in [-0.25, -0.2) is 0 Å². The number of nitrogens with two attached hydrogens (primary N) is 1. The number of hydrogen-bond acceptors (Lipinski definition) is 9. The standard InChI is InChI=1S/C32H46N4O6/c1-3-41-31(38)23-35-28(15-16-30(37)36-17-8-5-9-18-36)32(39)42-29(27(33)20-24-11-6-4-7-12-24)22-34-21-25-13-10-14-26(19-25)40-2/h4,6-7,10-14,19,27-29,34-35H,3,5,8-9,15-18,20-23,33H2,1-2H3/t27?,28-,29?/m1/s1. The third kappa shape index (κ3) is 11.4. The van der Waals surface area contributed by atoms with E-state index in [1.165, 1.54) is 0 Å². The molecule has 0 aromatic heterocycles. The highest BCUT2D eigenvalue weighted by atomic mass is 16.5. The average molecular weight is 583 g/mol. The zero-order chi connectivity index (χ0) is 30.2. The van der Waals surface area contributed by atoms with Crippen molar-refractivity contribution in [1.82, 2.24) is 15.5 Å². The summed E-state index contributed by atoms with van der Waals surface area (Å²) in [6, 6.07) is 16.1. The van der Waals surface area contributed by atoms with Gasteiger partial charge in [-0.15, -0.1) is 0 Å². The van der Waals surface area contributed by atoms with E-state index in [1.807, 2.05) is 59.5 Å². The van der Waals surface area contributed by atoms with E-state index in [0.717, 1.165) is 49.2 Å². The molecule has 10 heteroatoms. The highest BCUT2D eigenvalue weighted by Gasteiger charge is 2.29. The van der Waals surface area contributed by atoms with E-state index in [0.29, 0.717) is 19.5 Å². The summed E-state index contributed by atoms with van der Waals surface area (Å²) in [5, 5.41) is 6.31. The van der Waals surface area contributed by atoms with E-state index < -0.39 is 30.1 Å². The summed E-state index contributed by atoms with van der Waals surface area (Å²) in [5.41, 5.74) is 8.66. The third-order valence-corrected chi connectivity index (χ3v) is 7.31. The number of hydrogen-bond donors (Lipinski definition) is 3. The number of likely N-dealkylation sites (tertiary alicyclic amines) is 1. The Labute approximate surface area is 249 Å². The van der Waals surface area contributed by atoms with Gasteiger partial charge in [-0.2, -0.15) is 0 Å². The molecule has 0 bridgehead atoms. The van der Waals surface area contributed by atoms with E-state index in [2.05, 4.69) is 10.6 Å². The minimum Gasteiger partial charge on any atom is -0.497 e. The molecule has 0 saturated carbocycles. The van der Waals surface area contributed by atoms with Gasteiger partial charge in [0, 0.05) is 38.6 Å². The fourth-order valence-electron chi connectivity index (χ4n) is 4.96. The van der Waals surface area contributed by atoms with Crippen molar-refractivity contribution in [3.8, 4) is 5.75 Å². The number of carbonyl (C=O) groups is 3. The van der Waals surface area contributed by atoms with Crippen LogP contribution in [-0.4, -0.2) is 80.8 Å². The summed E-state index contributed by atoms with van der Waals surface area (Å²) in [5.74, 6) is -0.271. The number of benzene rings is 2. The molecule has 2 unspecified atom stereocenters. The number of piperidine rings is 1. The van der Waals surface area contributed by atoms with Crippen LogP contribution in [0.1, 0.15) is 50.2 Å².